The van der Waals surface area contributed by atoms with E-state index in [4.69, 9.17) is 4.98 Å². The van der Waals surface area contributed by atoms with E-state index in [1.165, 1.54) is 21.8 Å². The number of hydrogen-bond donors (Lipinski definition) is 1. The molecule has 21 heavy (non-hydrogen) atoms. The molecule has 0 amide bonds. The topological polar surface area (TPSA) is 54.2 Å². The van der Waals surface area contributed by atoms with Crippen molar-refractivity contribution in [2.45, 2.75) is 38.1 Å². The van der Waals surface area contributed by atoms with E-state index in [1.807, 2.05) is 17.9 Å². The minimum atomic E-state index is 0.223. The molecule has 5 nitrogen and oxygen atoms in total. The van der Waals surface area contributed by atoms with Gasteiger partial charge >= 0.3 is 0 Å². The Morgan fingerprint density at radius 1 is 1.38 bits per heavy atom. The van der Waals surface area contributed by atoms with E-state index in [0.717, 1.165) is 43.8 Å². The quantitative estimate of drug-likeness (QED) is 0.922. The second-order valence-electron chi connectivity index (χ2n) is 5.94. The van der Waals surface area contributed by atoms with Gasteiger partial charge in [-0.25, -0.2) is 4.98 Å². The number of aromatic nitrogens is 3. The second-order valence-corrected chi connectivity index (χ2v) is 6.92. The maximum Gasteiger partial charge on any atom is 0.186 e. The van der Waals surface area contributed by atoms with Gasteiger partial charge in [0.25, 0.3) is 0 Å². The first-order valence-electron chi connectivity index (χ1n) is 7.66. The van der Waals surface area contributed by atoms with Crippen LogP contribution >= 0.6 is 11.3 Å². The minimum absolute atomic E-state index is 0.223. The molecule has 1 fully saturated rings. The van der Waals surface area contributed by atoms with Crippen LogP contribution < -0.4 is 4.90 Å². The number of aliphatic hydroxyl groups excluding tert-OH is 1. The molecule has 1 saturated heterocycles. The third-order valence-electron chi connectivity index (χ3n) is 4.61. The van der Waals surface area contributed by atoms with Gasteiger partial charge < -0.3 is 10.0 Å². The molecule has 112 valence electrons. The summed E-state index contributed by atoms with van der Waals surface area (Å²) >= 11 is 1.77. The van der Waals surface area contributed by atoms with Gasteiger partial charge in [0.05, 0.1) is 35.1 Å². The highest BCUT2D eigenvalue weighted by molar-refractivity contribution is 7.19. The number of aliphatic hydroxyl groups is 1. The highest BCUT2D eigenvalue weighted by Gasteiger charge is 2.29. The van der Waals surface area contributed by atoms with Gasteiger partial charge in [0.2, 0.25) is 0 Å². The molecule has 2 aliphatic rings. The third-order valence-corrected chi connectivity index (χ3v) is 5.75. The summed E-state index contributed by atoms with van der Waals surface area (Å²) in [5.41, 5.74) is 3.79. The predicted molar refractivity (Wildman–Crippen MR) is 83.8 cm³/mol. The van der Waals surface area contributed by atoms with Crippen LogP contribution in [0.4, 0.5) is 5.13 Å². The fraction of sp³-hybridized carbons (Fsp3) is 0.600. The maximum atomic E-state index is 9.54. The van der Waals surface area contributed by atoms with Gasteiger partial charge in [-0.15, -0.1) is 0 Å². The monoisotopic (exact) mass is 304 g/mol. The van der Waals surface area contributed by atoms with Crippen molar-refractivity contribution in [1.29, 1.82) is 0 Å². The molecule has 0 spiro atoms. The Bertz CT molecular complexity index is 663. The number of thiazole rings is 1. The molecule has 0 radical (unpaired) electrons. The van der Waals surface area contributed by atoms with Crippen molar-refractivity contribution in [1.82, 2.24) is 14.8 Å². The molecule has 4 rings (SSSR count). The van der Waals surface area contributed by atoms with Crippen molar-refractivity contribution in [3.63, 3.8) is 0 Å². The molecule has 3 heterocycles. The zero-order chi connectivity index (χ0) is 14.4. The molecule has 1 atom stereocenters. The number of rotatable bonds is 2. The largest absolute Gasteiger partial charge is 0.394 e. The summed E-state index contributed by atoms with van der Waals surface area (Å²) in [7, 11) is 2.01. The summed E-state index contributed by atoms with van der Waals surface area (Å²) in [6.07, 6.45) is 7.47. The van der Waals surface area contributed by atoms with Crippen LogP contribution in [0.25, 0.3) is 10.6 Å². The highest BCUT2D eigenvalue weighted by atomic mass is 32.1. The summed E-state index contributed by atoms with van der Waals surface area (Å²) in [5, 5.41) is 15.0. The Kier molecular flexibility index (Phi) is 3.23. The number of anilines is 1. The Labute approximate surface area is 128 Å². The van der Waals surface area contributed by atoms with Crippen LogP contribution in [-0.4, -0.2) is 39.1 Å². The lowest BCUT2D eigenvalue weighted by molar-refractivity contribution is 0.266. The van der Waals surface area contributed by atoms with E-state index in [0.29, 0.717) is 0 Å². The maximum absolute atomic E-state index is 9.54. The minimum Gasteiger partial charge on any atom is -0.394 e. The summed E-state index contributed by atoms with van der Waals surface area (Å²) in [6.45, 7) is 1.23. The Hall–Kier alpha value is -1.40. The first-order valence-corrected chi connectivity index (χ1v) is 8.48. The van der Waals surface area contributed by atoms with Crippen molar-refractivity contribution < 1.29 is 5.11 Å². The van der Waals surface area contributed by atoms with Crippen molar-refractivity contribution >= 4 is 16.5 Å². The van der Waals surface area contributed by atoms with Gasteiger partial charge in [0.1, 0.15) is 0 Å². The average Bonchev–Trinajstić information content (AvgIpc) is 3.16. The molecule has 1 N–H and O–H groups in total. The van der Waals surface area contributed by atoms with Crippen LogP contribution in [0.5, 0.6) is 0 Å². The van der Waals surface area contributed by atoms with Gasteiger partial charge in [0, 0.05) is 13.6 Å². The first kappa shape index (κ1) is 13.3. The molecule has 1 aliphatic heterocycles. The molecule has 2 aromatic heterocycles. The third kappa shape index (κ3) is 2.08. The molecule has 0 unspecified atom stereocenters. The van der Waals surface area contributed by atoms with Crippen LogP contribution in [0, 0.1) is 0 Å². The van der Waals surface area contributed by atoms with Crippen molar-refractivity contribution in [3.8, 4) is 10.6 Å². The molecule has 1 aliphatic carbocycles. The fourth-order valence-corrected chi connectivity index (χ4v) is 4.82. The summed E-state index contributed by atoms with van der Waals surface area (Å²) in [4.78, 5) is 8.47. The van der Waals surface area contributed by atoms with E-state index in [9.17, 15) is 5.11 Å². The molecule has 0 aromatic carbocycles. The molecule has 6 heteroatoms. The van der Waals surface area contributed by atoms with Crippen LogP contribution in [0.2, 0.25) is 0 Å². The van der Waals surface area contributed by atoms with Crippen LogP contribution in [0.15, 0.2) is 6.20 Å². The fourth-order valence-electron chi connectivity index (χ4n) is 3.50. The van der Waals surface area contributed by atoms with Gasteiger partial charge in [-0.1, -0.05) is 11.3 Å². The van der Waals surface area contributed by atoms with Crippen molar-refractivity contribution in [2.24, 2.45) is 7.05 Å². The van der Waals surface area contributed by atoms with Crippen LogP contribution in [0.3, 0.4) is 0 Å². The standard InChI is InChI=1S/C15H20N4OS/c1-18-13-10(8-16-18)4-2-6-12-14(13)21-15(17-12)19-7-3-5-11(19)9-20/h8,11,20H,2-7,9H2,1H3/t11-/m1/s1. The smallest absolute Gasteiger partial charge is 0.186 e. The Morgan fingerprint density at radius 2 is 2.29 bits per heavy atom. The first-order chi connectivity index (χ1) is 10.3. The zero-order valence-electron chi connectivity index (χ0n) is 12.2. The lowest BCUT2D eigenvalue weighted by Crippen LogP contribution is -2.31. The molecular weight excluding hydrogens is 284 g/mol. The molecule has 0 bridgehead atoms. The predicted octanol–water partition coefficient (Wildman–Crippen LogP) is 1.99. The number of hydrogen-bond acceptors (Lipinski definition) is 5. The number of fused-ring (bicyclic) bond motifs is 3. The van der Waals surface area contributed by atoms with E-state index in [-0.39, 0.29) is 12.6 Å². The molecule has 0 saturated carbocycles. The molecule has 2 aromatic rings. The van der Waals surface area contributed by atoms with Crippen molar-refractivity contribution in [3.05, 3.63) is 17.5 Å². The SMILES string of the molecule is Cn1ncc2c1-c1sc(N3CCC[C@@H]3CO)nc1CCC2. The molecular formula is C15H20N4OS. The van der Waals surface area contributed by atoms with E-state index >= 15 is 0 Å². The van der Waals surface area contributed by atoms with Gasteiger partial charge in [0.15, 0.2) is 5.13 Å². The van der Waals surface area contributed by atoms with E-state index in [1.54, 1.807) is 11.3 Å². The van der Waals surface area contributed by atoms with Gasteiger partial charge in [-0.3, -0.25) is 4.68 Å². The lowest BCUT2D eigenvalue weighted by atomic mass is 10.1. The van der Waals surface area contributed by atoms with E-state index in [2.05, 4.69) is 10.00 Å². The van der Waals surface area contributed by atoms with E-state index < -0.39 is 0 Å². The normalized spacial score (nSPS) is 21.2. The van der Waals surface area contributed by atoms with Crippen LogP contribution in [0.1, 0.15) is 30.5 Å². The lowest BCUT2D eigenvalue weighted by Gasteiger charge is -2.21. The van der Waals surface area contributed by atoms with Crippen molar-refractivity contribution in [2.75, 3.05) is 18.1 Å². The number of aryl methyl sites for hydroxylation is 3. The summed E-state index contributed by atoms with van der Waals surface area (Å²) in [6, 6.07) is 0.241. The summed E-state index contributed by atoms with van der Waals surface area (Å²) in [5.74, 6) is 0. The summed E-state index contributed by atoms with van der Waals surface area (Å²) < 4.78 is 1.98. The highest BCUT2D eigenvalue weighted by Crippen LogP contribution is 2.41. The van der Waals surface area contributed by atoms with Gasteiger partial charge in [-0.05, 0) is 37.7 Å². The Balaban J connectivity index is 1.78. The average molecular weight is 304 g/mol. The second kappa shape index (κ2) is 5.10. The van der Waals surface area contributed by atoms with Gasteiger partial charge in [-0.2, -0.15) is 5.10 Å². The Morgan fingerprint density at radius 3 is 3.14 bits per heavy atom. The number of nitrogens with zero attached hydrogens (tertiary/aromatic N) is 4. The van der Waals surface area contributed by atoms with Crippen LogP contribution in [-0.2, 0) is 19.9 Å². The zero-order valence-corrected chi connectivity index (χ0v) is 13.1.